The molecular formula is C10H14N2O. The van der Waals surface area contributed by atoms with Crippen LogP contribution in [0.4, 0.5) is 0 Å². The molecule has 0 aliphatic heterocycles. The molecule has 3 nitrogen and oxygen atoms in total. The average Bonchev–Trinajstić information content (AvgIpc) is 2.72. The molecule has 1 fully saturated rings. The second kappa shape index (κ2) is 3.32. The van der Waals surface area contributed by atoms with E-state index in [1.807, 2.05) is 17.8 Å². The van der Waals surface area contributed by atoms with Gasteiger partial charge in [-0.1, -0.05) is 12.8 Å². The van der Waals surface area contributed by atoms with Gasteiger partial charge in [-0.3, -0.25) is 4.79 Å². The summed E-state index contributed by atoms with van der Waals surface area (Å²) in [5.41, 5.74) is 1.22. The number of carbonyl (C=O) groups excluding carboxylic acids is 1. The minimum atomic E-state index is 0.543. The van der Waals surface area contributed by atoms with E-state index in [1.165, 1.54) is 31.4 Å². The summed E-state index contributed by atoms with van der Waals surface area (Å²) in [7, 11) is 1.92. The Morgan fingerprint density at radius 3 is 2.77 bits per heavy atom. The third-order valence-electron chi connectivity index (χ3n) is 2.94. The second-order valence-corrected chi connectivity index (χ2v) is 3.70. The molecule has 13 heavy (non-hydrogen) atoms. The fourth-order valence-electron chi connectivity index (χ4n) is 2.15. The number of imidazole rings is 1. The Hall–Kier alpha value is -1.12. The summed E-state index contributed by atoms with van der Waals surface area (Å²) in [6.45, 7) is 0. The first-order chi connectivity index (χ1) is 6.33. The van der Waals surface area contributed by atoms with Crippen molar-refractivity contribution < 1.29 is 4.79 Å². The van der Waals surface area contributed by atoms with Crippen LogP contribution >= 0.6 is 0 Å². The standard InChI is InChI=1S/C10H14N2O/c1-12-9(6-11-10(12)7-13)8-4-2-3-5-8/h6-8H,2-5H2,1H3. The molecule has 1 aliphatic rings. The fraction of sp³-hybridized carbons (Fsp3) is 0.600. The first-order valence-corrected chi connectivity index (χ1v) is 4.79. The van der Waals surface area contributed by atoms with Gasteiger partial charge in [-0.05, 0) is 12.8 Å². The van der Waals surface area contributed by atoms with Crippen LogP contribution in [-0.2, 0) is 7.05 Å². The summed E-state index contributed by atoms with van der Waals surface area (Å²) in [4.78, 5) is 14.6. The van der Waals surface area contributed by atoms with Gasteiger partial charge in [0.1, 0.15) is 0 Å². The second-order valence-electron chi connectivity index (χ2n) is 3.70. The molecule has 0 atom stereocenters. The molecule has 1 heterocycles. The molecule has 0 N–H and O–H groups in total. The number of aldehydes is 1. The maximum atomic E-state index is 10.6. The van der Waals surface area contributed by atoms with E-state index in [0.29, 0.717) is 11.7 Å². The molecular weight excluding hydrogens is 164 g/mol. The van der Waals surface area contributed by atoms with Crippen molar-refractivity contribution in [1.82, 2.24) is 9.55 Å². The minimum absolute atomic E-state index is 0.543. The van der Waals surface area contributed by atoms with Gasteiger partial charge >= 0.3 is 0 Å². The van der Waals surface area contributed by atoms with E-state index >= 15 is 0 Å². The number of rotatable bonds is 2. The smallest absolute Gasteiger partial charge is 0.185 e. The largest absolute Gasteiger partial charge is 0.329 e. The molecule has 1 aromatic rings. The Labute approximate surface area is 77.8 Å². The van der Waals surface area contributed by atoms with Crippen LogP contribution in [0.2, 0.25) is 0 Å². The van der Waals surface area contributed by atoms with Crippen LogP contribution in [0.15, 0.2) is 6.20 Å². The van der Waals surface area contributed by atoms with Crippen LogP contribution in [0, 0.1) is 0 Å². The van der Waals surface area contributed by atoms with E-state index in [4.69, 9.17) is 0 Å². The zero-order chi connectivity index (χ0) is 9.26. The van der Waals surface area contributed by atoms with E-state index < -0.39 is 0 Å². The average molecular weight is 178 g/mol. The molecule has 0 aromatic carbocycles. The predicted molar refractivity (Wildman–Crippen MR) is 49.8 cm³/mol. The van der Waals surface area contributed by atoms with Gasteiger partial charge in [0.25, 0.3) is 0 Å². The lowest BCUT2D eigenvalue weighted by Crippen LogP contribution is -2.03. The molecule has 0 spiro atoms. The number of hydrogen-bond acceptors (Lipinski definition) is 2. The van der Waals surface area contributed by atoms with E-state index in [-0.39, 0.29) is 0 Å². The van der Waals surface area contributed by atoms with Gasteiger partial charge in [0, 0.05) is 24.9 Å². The number of aromatic nitrogens is 2. The Morgan fingerprint density at radius 1 is 1.54 bits per heavy atom. The summed E-state index contributed by atoms with van der Waals surface area (Å²) in [6, 6.07) is 0. The van der Waals surface area contributed by atoms with Crippen molar-refractivity contribution in [3.8, 4) is 0 Å². The van der Waals surface area contributed by atoms with Gasteiger partial charge in [0.2, 0.25) is 0 Å². The zero-order valence-electron chi connectivity index (χ0n) is 7.86. The summed E-state index contributed by atoms with van der Waals surface area (Å²) in [5.74, 6) is 1.17. The maximum Gasteiger partial charge on any atom is 0.185 e. The maximum absolute atomic E-state index is 10.6. The highest BCUT2D eigenvalue weighted by Crippen LogP contribution is 2.33. The van der Waals surface area contributed by atoms with E-state index in [9.17, 15) is 4.79 Å². The molecule has 1 saturated carbocycles. The Morgan fingerprint density at radius 2 is 2.23 bits per heavy atom. The summed E-state index contributed by atoms with van der Waals surface area (Å²) < 4.78 is 1.92. The van der Waals surface area contributed by atoms with Crippen LogP contribution < -0.4 is 0 Å². The van der Waals surface area contributed by atoms with Crippen molar-refractivity contribution >= 4 is 6.29 Å². The van der Waals surface area contributed by atoms with Gasteiger partial charge in [0.05, 0.1) is 0 Å². The van der Waals surface area contributed by atoms with Crippen LogP contribution in [0.25, 0.3) is 0 Å². The zero-order valence-corrected chi connectivity index (χ0v) is 7.86. The van der Waals surface area contributed by atoms with Crippen molar-refractivity contribution in [2.75, 3.05) is 0 Å². The van der Waals surface area contributed by atoms with Crippen LogP contribution in [0.3, 0.4) is 0 Å². The molecule has 0 unspecified atom stereocenters. The highest BCUT2D eigenvalue weighted by molar-refractivity contribution is 5.69. The quantitative estimate of drug-likeness (QED) is 0.648. The third kappa shape index (κ3) is 1.39. The topological polar surface area (TPSA) is 34.9 Å². The fourth-order valence-corrected chi connectivity index (χ4v) is 2.15. The first-order valence-electron chi connectivity index (χ1n) is 4.79. The van der Waals surface area contributed by atoms with E-state index in [2.05, 4.69) is 4.98 Å². The SMILES string of the molecule is Cn1c(C2CCCC2)cnc1C=O. The lowest BCUT2D eigenvalue weighted by atomic mass is 10.1. The van der Waals surface area contributed by atoms with Crippen molar-refractivity contribution in [1.29, 1.82) is 0 Å². The minimum Gasteiger partial charge on any atom is -0.329 e. The van der Waals surface area contributed by atoms with Gasteiger partial charge < -0.3 is 4.57 Å². The third-order valence-corrected chi connectivity index (χ3v) is 2.94. The molecule has 0 amide bonds. The lowest BCUT2D eigenvalue weighted by molar-refractivity contribution is 0.111. The molecule has 1 aliphatic carbocycles. The van der Waals surface area contributed by atoms with Crippen LogP contribution in [0.5, 0.6) is 0 Å². The van der Waals surface area contributed by atoms with Gasteiger partial charge in [-0.15, -0.1) is 0 Å². The Bertz CT molecular complexity index is 311. The molecule has 0 radical (unpaired) electrons. The van der Waals surface area contributed by atoms with Crippen molar-refractivity contribution in [3.63, 3.8) is 0 Å². The number of nitrogens with zero attached hydrogens (tertiary/aromatic N) is 2. The van der Waals surface area contributed by atoms with Crippen molar-refractivity contribution in [2.24, 2.45) is 7.05 Å². The molecule has 2 rings (SSSR count). The molecule has 3 heteroatoms. The van der Waals surface area contributed by atoms with Crippen LogP contribution in [-0.4, -0.2) is 15.8 Å². The highest BCUT2D eigenvalue weighted by atomic mass is 16.1. The molecule has 0 bridgehead atoms. The van der Waals surface area contributed by atoms with Gasteiger partial charge in [0.15, 0.2) is 12.1 Å². The Balaban J connectivity index is 2.29. The first kappa shape index (κ1) is 8.48. The summed E-state index contributed by atoms with van der Waals surface area (Å²) in [5, 5.41) is 0. The van der Waals surface area contributed by atoms with Gasteiger partial charge in [-0.25, -0.2) is 4.98 Å². The normalized spacial score (nSPS) is 17.9. The highest BCUT2D eigenvalue weighted by Gasteiger charge is 2.20. The summed E-state index contributed by atoms with van der Waals surface area (Å²) >= 11 is 0. The van der Waals surface area contributed by atoms with Crippen molar-refractivity contribution in [3.05, 3.63) is 17.7 Å². The van der Waals surface area contributed by atoms with Gasteiger partial charge in [-0.2, -0.15) is 0 Å². The number of hydrogen-bond donors (Lipinski definition) is 0. The molecule has 0 saturated heterocycles. The van der Waals surface area contributed by atoms with E-state index in [1.54, 1.807) is 0 Å². The van der Waals surface area contributed by atoms with Crippen LogP contribution in [0.1, 0.15) is 47.9 Å². The molecule has 70 valence electrons. The predicted octanol–water partition coefficient (Wildman–Crippen LogP) is 1.89. The lowest BCUT2D eigenvalue weighted by Gasteiger charge is -2.09. The van der Waals surface area contributed by atoms with Crippen molar-refractivity contribution in [2.45, 2.75) is 31.6 Å². The van der Waals surface area contributed by atoms with E-state index in [0.717, 1.165) is 6.29 Å². The monoisotopic (exact) mass is 178 g/mol. The Kier molecular flexibility index (Phi) is 2.17. The number of carbonyl (C=O) groups is 1. The molecule has 1 aromatic heterocycles. The summed E-state index contributed by atoms with van der Waals surface area (Å²) in [6.07, 6.45) is 7.78.